The normalized spacial score (nSPS) is 13.3. The Hall–Kier alpha value is -2.39. The van der Waals surface area contributed by atoms with Crippen molar-refractivity contribution in [3.8, 4) is 0 Å². The third-order valence-electron chi connectivity index (χ3n) is 4.51. The molecule has 0 saturated heterocycles. The molecule has 2 rings (SSSR count). The number of nitrogens with one attached hydrogen (secondary N) is 1. The number of methoxy groups -OCH3 is 1. The standard InChI is InChI=1S/C20H27N3O5S/c1-11(2)13(4)21-17(25)10-29-20-22-16-8-14(19(27)28-5)6-7-15(16)18(26)23(20)9-12(3)24/h6-8,11-13,24H,9-10H2,1-5H3,(H,21,25)/t12-,13+/m1/s1. The number of fused-ring (bicyclic) bond motifs is 1. The van der Waals surface area contributed by atoms with E-state index in [2.05, 4.69) is 10.3 Å². The lowest BCUT2D eigenvalue weighted by molar-refractivity contribution is -0.119. The summed E-state index contributed by atoms with van der Waals surface area (Å²) in [6.45, 7) is 7.58. The fraction of sp³-hybridized carbons (Fsp3) is 0.500. The van der Waals surface area contributed by atoms with Gasteiger partial charge >= 0.3 is 5.97 Å². The minimum absolute atomic E-state index is 0.0231. The van der Waals surface area contributed by atoms with Crippen molar-refractivity contribution in [1.29, 1.82) is 0 Å². The highest BCUT2D eigenvalue weighted by molar-refractivity contribution is 7.99. The quantitative estimate of drug-likeness (QED) is 0.380. The molecule has 0 spiro atoms. The van der Waals surface area contributed by atoms with Crippen LogP contribution in [0.3, 0.4) is 0 Å². The SMILES string of the molecule is COC(=O)c1ccc2c(=O)n(C[C@@H](C)O)c(SCC(=O)N[C@@H](C)C(C)C)nc2c1. The number of benzene rings is 1. The number of aromatic nitrogens is 2. The van der Waals surface area contributed by atoms with Crippen molar-refractivity contribution in [2.24, 2.45) is 5.92 Å². The Morgan fingerprint density at radius 1 is 1.28 bits per heavy atom. The summed E-state index contributed by atoms with van der Waals surface area (Å²) in [4.78, 5) is 41.4. The van der Waals surface area contributed by atoms with Gasteiger partial charge in [-0.2, -0.15) is 0 Å². The van der Waals surface area contributed by atoms with Crippen LogP contribution < -0.4 is 10.9 Å². The van der Waals surface area contributed by atoms with Gasteiger partial charge in [0.05, 0.1) is 42.0 Å². The third kappa shape index (κ3) is 5.80. The first kappa shape index (κ1) is 22.9. The number of nitrogens with zero attached hydrogens (tertiary/aromatic N) is 2. The number of aliphatic hydroxyl groups is 1. The zero-order valence-corrected chi connectivity index (χ0v) is 18.1. The van der Waals surface area contributed by atoms with Crippen molar-refractivity contribution < 1.29 is 19.4 Å². The molecule has 1 heterocycles. The van der Waals surface area contributed by atoms with Crippen molar-refractivity contribution in [2.75, 3.05) is 12.9 Å². The van der Waals surface area contributed by atoms with Crippen molar-refractivity contribution in [1.82, 2.24) is 14.9 Å². The molecule has 1 amide bonds. The first-order valence-corrected chi connectivity index (χ1v) is 10.4. The van der Waals surface area contributed by atoms with Gasteiger partial charge in [-0.1, -0.05) is 25.6 Å². The van der Waals surface area contributed by atoms with E-state index < -0.39 is 12.1 Å². The topological polar surface area (TPSA) is 111 Å². The summed E-state index contributed by atoms with van der Waals surface area (Å²) in [5.74, 6) is -0.325. The molecule has 158 valence electrons. The molecule has 0 bridgehead atoms. The molecule has 0 saturated carbocycles. The van der Waals surface area contributed by atoms with Crippen LogP contribution in [0.2, 0.25) is 0 Å². The van der Waals surface area contributed by atoms with Gasteiger partial charge in [-0.25, -0.2) is 9.78 Å². The number of esters is 1. The van der Waals surface area contributed by atoms with Crippen molar-refractivity contribution >= 4 is 34.5 Å². The summed E-state index contributed by atoms with van der Waals surface area (Å²) in [6.07, 6.45) is -0.768. The molecule has 0 fully saturated rings. The first-order valence-electron chi connectivity index (χ1n) is 9.37. The molecule has 2 N–H and O–H groups in total. The Morgan fingerprint density at radius 3 is 2.55 bits per heavy atom. The third-order valence-corrected chi connectivity index (χ3v) is 5.49. The summed E-state index contributed by atoms with van der Waals surface area (Å²) in [7, 11) is 1.28. The molecule has 9 heteroatoms. The van der Waals surface area contributed by atoms with E-state index in [4.69, 9.17) is 4.74 Å². The molecule has 2 aromatic rings. The number of aliphatic hydroxyl groups excluding tert-OH is 1. The lowest BCUT2D eigenvalue weighted by Crippen LogP contribution is -2.37. The number of amides is 1. The van der Waals surface area contributed by atoms with Crippen LogP contribution in [0.5, 0.6) is 0 Å². The molecule has 29 heavy (non-hydrogen) atoms. The van der Waals surface area contributed by atoms with Crippen LogP contribution in [0.25, 0.3) is 10.9 Å². The monoisotopic (exact) mass is 421 g/mol. The van der Waals surface area contributed by atoms with Gasteiger partial charge in [0.2, 0.25) is 5.91 Å². The van der Waals surface area contributed by atoms with Gasteiger partial charge < -0.3 is 15.2 Å². The summed E-state index contributed by atoms with van der Waals surface area (Å²) < 4.78 is 6.07. The fourth-order valence-electron chi connectivity index (χ4n) is 2.57. The van der Waals surface area contributed by atoms with E-state index in [9.17, 15) is 19.5 Å². The van der Waals surface area contributed by atoms with Crippen LogP contribution in [-0.4, -0.2) is 51.5 Å². The van der Waals surface area contributed by atoms with Crippen LogP contribution in [-0.2, 0) is 16.1 Å². The molecule has 2 atom stereocenters. The molecule has 8 nitrogen and oxygen atoms in total. The lowest BCUT2D eigenvalue weighted by atomic mass is 10.1. The Balaban J connectivity index is 2.40. The number of hydrogen-bond donors (Lipinski definition) is 2. The maximum Gasteiger partial charge on any atom is 0.337 e. The summed E-state index contributed by atoms with van der Waals surface area (Å²) in [6, 6.07) is 4.52. The van der Waals surface area contributed by atoms with Gasteiger partial charge in [0.1, 0.15) is 0 Å². The lowest BCUT2D eigenvalue weighted by Gasteiger charge is -2.18. The highest BCUT2D eigenvalue weighted by Crippen LogP contribution is 2.20. The van der Waals surface area contributed by atoms with Crippen LogP contribution in [0.1, 0.15) is 38.1 Å². The predicted octanol–water partition coefficient (Wildman–Crippen LogP) is 1.82. The second-order valence-electron chi connectivity index (χ2n) is 7.27. The second-order valence-corrected chi connectivity index (χ2v) is 8.21. The molecule has 1 aromatic heterocycles. The Morgan fingerprint density at radius 2 is 1.97 bits per heavy atom. The van der Waals surface area contributed by atoms with Gasteiger partial charge in [0, 0.05) is 6.04 Å². The zero-order chi connectivity index (χ0) is 21.7. The number of ether oxygens (including phenoxy) is 1. The van der Waals surface area contributed by atoms with E-state index in [0.717, 1.165) is 11.8 Å². The van der Waals surface area contributed by atoms with Gasteiger partial charge in [0.15, 0.2) is 5.16 Å². The fourth-order valence-corrected chi connectivity index (χ4v) is 3.39. The number of hydrogen-bond acceptors (Lipinski definition) is 7. The maximum absolute atomic E-state index is 12.9. The van der Waals surface area contributed by atoms with Crippen molar-refractivity contribution in [3.63, 3.8) is 0 Å². The van der Waals surface area contributed by atoms with Crippen LogP contribution in [0.4, 0.5) is 0 Å². The predicted molar refractivity (Wildman–Crippen MR) is 112 cm³/mol. The Bertz CT molecular complexity index is 955. The molecule has 0 aliphatic rings. The van der Waals surface area contributed by atoms with Gasteiger partial charge in [-0.15, -0.1) is 0 Å². The molecule has 0 aliphatic heterocycles. The second kappa shape index (κ2) is 9.89. The van der Waals surface area contributed by atoms with E-state index >= 15 is 0 Å². The summed E-state index contributed by atoms with van der Waals surface area (Å²) >= 11 is 1.11. The van der Waals surface area contributed by atoms with Crippen molar-refractivity contribution in [2.45, 2.75) is 51.5 Å². The molecule has 0 unspecified atom stereocenters. The maximum atomic E-state index is 12.9. The number of rotatable bonds is 8. The smallest absolute Gasteiger partial charge is 0.337 e. The van der Waals surface area contributed by atoms with E-state index in [1.165, 1.54) is 29.9 Å². The van der Waals surface area contributed by atoms with E-state index in [1.807, 2.05) is 20.8 Å². The van der Waals surface area contributed by atoms with Crippen LogP contribution in [0.15, 0.2) is 28.2 Å². The molecular weight excluding hydrogens is 394 g/mol. The molecular formula is C20H27N3O5S. The Kier molecular flexibility index (Phi) is 7.80. The van der Waals surface area contributed by atoms with Gasteiger partial charge in [0.25, 0.3) is 5.56 Å². The molecule has 0 aliphatic carbocycles. The molecule has 0 radical (unpaired) electrons. The van der Waals surface area contributed by atoms with Crippen molar-refractivity contribution in [3.05, 3.63) is 34.1 Å². The highest BCUT2D eigenvalue weighted by atomic mass is 32.2. The summed E-state index contributed by atoms with van der Waals surface area (Å²) in [5.41, 5.74) is 0.267. The average Bonchev–Trinajstić information content (AvgIpc) is 2.67. The van der Waals surface area contributed by atoms with Gasteiger partial charge in [-0.05, 0) is 38.0 Å². The minimum atomic E-state index is -0.768. The summed E-state index contributed by atoms with van der Waals surface area (Å²) in [5, 5.41) is 13.3. The Labute approximate surface area is 173 Å². The number of carbonyl (C=O) groups excluding carboxylic acids is 2. The average molecular weight is 422 g/mol. The van der Waals surface area contributed by atoms with E-state index in [-0.39, 0.29) is 35.4 Å². The highest BCUT2D eigenvalue weighted by Gasteiger charge is 2.17. The zero-order valence-electron chi connectivity index (χ0n) is 17.3. The minimum Gasteiger partial charge on any atom is -0.465 e. The van der Waals surface area contributed by atoms with Crippen LogP contribution in [0, 0.1) is 5.92 Å². The van der Waals surface area contributed by atoms with Gasteiger partial charge in [-0.3, -0.25) is 14.2 Å². The largest absolute Gasteiger partial charge is 0.465 e. The van der Waals surface area contributed by atoms with Crippen LogP contribution >= 0.6 is 11.8 Å². The van der Waals surface area contributed by atoms with E-state index in [1.54, 1.807) is 6.92 Å². The number of thioether (sulfide) groups is 1. The molecule has 1 aromatic carbocycles. The van der Waals surface area contributed by atoms with E-state index in [0.29, 0.717) is 22.0 Å². The number of carbonyl (C=O) groups is 2. The first-order chi connectivity index (χ1) is 13.6.